The second kappa shape index (κ2) is 10.1. The minimum Gasteiger partial charge on any atom is -0.494 e. The van der Waals surface area contributed by atoms with E-state index in [9.17, 15) is 4.79 Å². The van der Waals surface area contributed by atoms with Gasteiger partial charge in [-0.25, -0.2) is 4.79 Å². The van der Waals surface area contributed by atoms with Crippen molar-refractivity contribution in [1.29, 1.82) is 0 Å². The Bertz CT molecular complexity index is 1160. The van der Waals surface area contributed by atoms with Crippen molar-refractivity contribution in [2.75, 3.05) is 13.2 Å². The van der Waals surface area contributed by atoms with Gasteiger partial charge in [0.15, 0.2) is 0 Å². The van der Waals surface area contributed by atoms with Gasteiger partial charge in [0.1, 0.15) is 5.75 Å². The number of carbonyl (C=O) groups excluding carboxylic acids is 1. The van der Waals surface area contributed by atoms with E-state index >= 15 is 0 Å². The molecule has 0 spiro atoms. The smallest absolute Gasteiger partial charge is 0.322 e. The monoisotopic (exact) mass is 460 g/mol. The predicted octanol–water partition coefficient (Wildman–Crippen LogP) is 5.85. The molecule has 0 radical (unpaired) electrons. The number of hydrogen-bond acceptors (Lipinski definition) is 5. The molecule has 7 heteroatoms. The lowest BCUT2D eigenvalue weighted by Crippen LogP contribution is -2.47. The van der Waals surface area contributed by atoms with Crippen LogP contribution in [0, 0.1) is 5.92 Å². The number of aromatic nitrogens is 2. The summed E-state index contributed by atoms with van der Waals surface area (Å²) in [5, 5.41) is 7.39. The molecule has 0 fully saturated rings. The van der Waals surface area contributed by atoms with E-state index in [4.69, 9.17) is 14.2 Å². The normalized spacial score (nSPS) is 16.2. The van der Waals surface area contributed by atoms with Gasteiger partial charge in [0, 0.05) is 17.8 Å². The number of ether oxygens (including phenoxy) is 1. The number of amides is 2. The van der Waals surface area contributed by atoms with Crippen LogP contribution in [0.2, 0.25) is 0 Å². The standard InChI is InChI=1S/C27H32N4O3/c1-6-19-8-10-21(11-9-19)25-29-26(34-30-25)23-18(5)31(16-17(3)4)27(32)28-24(23)20-12-14-22(15-13-20)33-7-2/h8-15,17,24H,6-7,16H2,1-5H3,(H,28,32). The molecule has 2 heterocycles. The van der Waals surface area contributed by atoms with Crippen molar-refractivity contribution in [3.8, 4) is 17.1 Å². The maximum absolute atomic E-state index is 13.0. The van der Waals surface area contributed by atoms with Crippen LogP contribution in [-0.4, -0.2) is 34.2 Å². The number of allylic oxidation sites excluding steroid dienone is 1. The van der Waals surface area contributed by atoms with E-state index in [1.165, 1.54) is 5.56 Å². The molecule has 1 atom stereocenters. The number of benzene rings is 2. The van der Waals surface area contributed by atoms with Gasteiger partial charge in [-0.1, -0.05) is 62.3 Å². The molecule has 1 N–H and O–H groups in total. The minimum absolute atomic E-state index is 0.135. The second-order valence-electron chi connectivity index (χ2n) is 8.86. The van der Waals surface area contributed by atoms with Crippen LogP contribution >= 0.6 is 0 Å². The summed E-state index contributed by atoms with van der Waals surface area (Å²) in [6, 6.07) is 15.3. The van der Waals surface area contributed by atoms with Gasteiger partial charge < -0.3 is 14.6 Å². The molecule has 7 nitrogen and oxygen atoms in total. The maximum Gasteiger partial charge on any atom is 0.322 e. The largest absolute Gasteiger partial charge is 0.494 e. The highest BCUT2D eigenvalue weighted by Crippen LogP contribution is 2.38. The first-order valence-electron chi connectivity index (χ1n) is 11.9. The van der Waals surface area contributed by atoms with Crippen molar-refractivity contribution in [3.63, 3.8) is 0 Å². The summed E-state index contributed by atoms with van der Waals surface area (Å²) in [4.78, 5) is 19.5. The number of nitrogens with zero attached hydrogens (tertiary/aromatic N) is 3. The number of urea groups is 1. The predicted molar refractivity (Wildman–Crippen MR) is 132 cm³/mol. The Labute approximate surface area is 200 Å². The molecular weight excluding hydrogens is 428 g/mol. The van der Waals surface area contributed by atoms with Crippen LogP contribution in [0.1, 0.15) is 57.7 Å². The first-order chi connectivity index (χ1) is 16.4. The molecule has 1 unspecified atom stereocenters. The quantitative estimate of drug-likeness (QED) is 0.456. The second-order valence-corrected chi connectivity index (χ2v) is 8.86. The van der Waals surface area contributed by atoms with Crippen LogP contribution in [0.5, 0.6) is 5.75 Å². The third-order valence-corrected chi connectivity index (χ3v) is 5.95. The Morgan fingerprint density at radius 2 is 1.79 bits per heavy atom. The lowest BCUT2D eigenvalue weighted by Gasteiger charge is -2.36. The molecule has 2 amide bonds. The zero-order chi connectivity index (χ0) is 24.2. The van der Waals surface area contributed by atoms with E-state index in [1.54, 1.807) is 4.90 Å². The summed E-state index contributed by atoms with van der Waals surface area (Å²) in [5.41, 5.74) is 4.67. The molecule has 0 aliphatic carbocycles. The van der Waals surface area contributed by atoms with Gasteiger partial charge in [0.25, 0.3) is 5.89 Å². The van der Waals surface area contributed by atoms with Gasteiger partial charge >= 0.3 is 6.03 Å². The molecule has 0 saturated carbocycles. The average molecular weight is 461 g/mol. The van der Waals surface area contributed by atoms with Crippen molar-refractivity contribution in [1.82, 2.24) is 20.4 Å². The van der Waals surface area contributed by atoms with Crippen LogP contribution in [-0.2, 0) is 6.42 Å². The highest BCUT2D eigenvalue weighted by molar-refractivity contribution is 5.86. The lowest BCUT2D eigenvalue weighted by molar-refractivity contribution is 0.199. The average Bonchev–Trinajstić information content (AvgIpc) is 3.32. The fourth-order valence-corrected chi connectivity index (χ4v) is 4.16. The molecule has 2 aromatic carbocycles. The van der Waals surface area contributed by atoms with Gasteiger partial charge in [-0.3, -0.25) is 4.90 Å². The van der Waals surface area contributed by atoms with Crippen molar-refractivity contribution in [2.24, 2.45) is 5.92 Å². The molecule has 4 rings (SSSR count). The van der Waals surface area contributed by atoms with Crippen LogP contribution < -0.4 is 10.1 Å². The topological polar surface area (TPSA) is 80.5 Å². The Kier molecular flexibility index (Phi) is 7.01. The molecule has 1 aromatic heterocycles. The summed E-state index contributed by atoms with van der Waals surface area (Å²) in [6.45, 7) is 11.4. The van der Waals surface area contributed by atoms with E-state index in [-0.39, 0.29) is 6.03 Å². The first-order valence-corrected chi connectivity index (χ1v) is 11.9. The Balaban J connectivity index is 1.76. The van der Waals surface area contributed by atoms with Crippen molar-refractivity contribution in [2.45, 2.75) is 47.1 Å². The fourth-order valence-electron chi connectivity index (χ4n) is 4.16. The third kappa shape index (κ3) is 4.83. The Hall–Kier alpha value is -3.61. The van der Waals surface area contributed by atoms with Crippen LogP contribution in [0.25, 0.3) is 17.0 Å². The SMILES string of the molecule is CCOc1ccc(C2NC(=O)N(CC(C)C)C(C)=C2c2nc(-c3ccc(CC)cc3)no2)cc1. The summed E-state index contributed by atoms with van der Waals surface area (Å²) in [7, 11) is 0. The van der Waals surface area contributed by atoms with Crippen LogP contribution in [0.3, 0.4) is 0 Å². The third-order valence-electron chi connectivity index (χ3n) is 5.95. The molecule has 3 aromatic rings. The zero-order valence-corrected chi connectivity index (χ0v) is 20.5. The number of aryl methyl sites for hydroxylation is 1. The van der Waals surface area contributed by atoms with Gasteiger partial charge in [-0.15, -0.1) is 0 Å². The Morgan fingerprint density at radius 1 is 1.09 bits per heavy atom. The number of hydrogen-bond donors (Lipinski definition) is 1. The van der Waals surface area contributed by atoms with Gasteiger partial charge in [0.05, 0.1) is 18.2 Å². The highest BCUT2D eigenvalue weighted by atomic mass is 16.5. The van der Waals surface area contributed by atoms with Gasteiger partial charge in [-0.2, -0.15) is 4.98 Å². The molecule has 1 aliphatic heterocycles. The summed E-state index contributed by atoms with van der Waals surface area (Å²) < 4.78 is 11.3. The van der Waals surface area contributed by atoms with E-state index in [0.717, 1.165) is 34.6 Å². The minimum atomic E-state index is -0.414. The fraction of sp³-hybridized carbons (Fsp3) is 0.370. The molecule has 34 heavy (non-hydrogen) atoms. The van der Waals surface area contributed by atoms with Crippen molar-refractivity contribution >= 4 is 11.6 Å². The molecular formula is C27H32N4O3. The van der Waals surface area contributed by atoms with E-state index < -0.39 is 6.04 Å². The molecule has 1 aliphatic rings. The molecule has 178 valence electrons. The van der Waals surface area contributed by atoms with Crippen molar-refractivity contribution in [3.05, 3.63) is 71.2 Å². The zero-order valence-electron chi connectivity index (χ0n) is 20.5. The van der Waals surface area contributed by atoms with Gasteiger partial charge in [0.2, 0.25) is 5.82 Å². The first kappa shape index (κ1) is 23.5. The van der Waals surface area contributed by atoms with E-state index in [2.05, 4.69) is 43.4 Å². The number of nitrogens with one attached hydrogen (secondary N) is 1. The summed E-state index contributed by atoms with van der Waals surface area (Å²) in [5.74, 6) is 2.02. The number of carbonyl (C=O) groups is 1. The Morgan fingerprint density at radius 3 is 2.41 bits per heavy atom. The summed E-state index contributed by atoms with van der Waals surface area (Å²) >= 11 is 0. The molecule has 0 saturated heterocycles. The van der Waals surface area contributed by atoms with E-state index in [0.29, 0.717) is 30.8 Å². The lowest BCUT2D eigenvalue weighted by atomic mass is 9.94. The maximum atomic E-state index is 13.0. The molecule has 0 bridgehead atoms. The highest BCUT2D eigenvalue weighted by Gasteiger charge is 2.36. The van der Waals surface area contributed by atoms with Crippen molar-refractivity contribution < 1.29 is 14.1 Å². The van der Waals surface area contributed by atoms with Gasteiger partial charge in [-0.05, 0) is 49.4 Å². The van der Waals surface area contributed by atoms with E-state index in [1.807, 2.05) is 50.2 Å². The number of rotatable bonds is 8. The van der Waals surface area contributed by atoms with Crippen LogP contribution in [0.15, 0.2) is 58.8 Å². The van der Waals surface area contributed by atoms with Crippen LogP contribution in [0.4, 0.5) is 4.79 Å². The summed E-state index contributed by atoms with van der Waals surface area (Å²) in [6.07, 6.45) is 0.971.